The van der Waals surface area contributed by atoms with Crippen molar-refractivity contribution in [1.29, 1.82) is 5.26 Å². The number of unbranched alkanes of at least 4 members (excludes halogenated alkanes) is 1. The third-order valence-electron chi connectivity index (χ3n) is 6.15. The van der Waals surface area contributed by atoms with Crippen LogP contribution in [0.15, 0.2) is 34.2 Å². The maximum Gasteiger partial charge on any atom is 0.262 e. The van der Waals surface area contributed by atoms with Crippen molar-refractivity contribution < 1.29 is 4.79 Å². The molecule has 1 aliphatic carbocycles. The van der Waals surface area contributed by atoms with Gasteiger partial charge in [0.15, 0.2) is 5.16 Å². The van der Waals surface area contributed by atoms with Crippen LogP contribution in [-0.4, -0.2) is 35.9 Å². The molecule has 2 heterocycles. The molecule has 1 aromatic carbocycles. The number of hydrogen-bond donors (Lipinski definition) is 1. The number of fused-ring (bicyclic) bond motifs is 3. The van der Waals surface area contributed by atoms with Gasteiger partial charge in [0.2, 0.25) is 11.7 Å². The summed E-state index contributed by atoms with van der Waals surface area (Å²) in [6.45, 7) is 4.45. The molecule has 1 saturated carbocycles. The number of nitriles is 1. The van der Waals surface area contributed by atoms with E-state index in [4.69, 9.17) is 0 Å². The van der Waals surface area contributed by atoms with E-state index in [9.17, 15) is 14.9 Å². The van der Waals surface area contributed by atoms with E-state index in [1.165, 1.54) is 11.8 Å². The van der Waals surface area contributed by atoms with E-state index in [2.05, 4.69) is 28.5 Å². The number of amides is 1. The maximum atomic E-state index is 13.1. The minimum absolute atomic E-state index is 0.0791. The summed E-state index contributed by atoms with van der Waals surface area (Å²) in [6, 6.07) is 9.74. The minimum Gasteiger partial charge on any atom is -0.337 e. The molecule has 1 N–H and O–H groups in total. The van der Waals surface area contributed by atoms with Crippen LogP contribution < -0.4 is 10.9 Å². The Morgan fingerprint density at radius 3 is 2.75 bits per heavy atom. The van der Waals surface area contributed by atoms with Crippen molar-refractivity contribution >= 4 is 34.3 Å². The zero-order chi connectivity index (χ0) is 22.7. The number of hydrogen-bond acceptors (Lipinski definition) is 6. The van der Waals surface area contributed by atoms with E-state index in [1.807, 2.05) is 35.6 Å². The summed E-state index contributed by atoms with van der Waals surface area (Å²) in [7, 11) is 0. The van der Waals surface area contributed by atoms with E-state index in [1.54, 1.807) is 4.57 Å². The number of para-hydroxylation sites is 1. The fraction of sp³-hybridized carbons (Fsp3) is 0.522. The fourth-order valence-corrected chi connectivity index (χ4v) is 5.15. The lowest BCUT2D eigenvalue weighted by Gasteiger charge is -2.32. The van der Waals surface area contributed by atoms with E-state index in [0.29, 0.717) is 35.7 Å². The molecule has 3 aromatic rings. The van der Waals surface area contributed by atoms with Crippen LogP contribution in [0.5, 0.6) is 0 Å². The average Bonchev–Trinajstić information content (AvgIpc) is 3.23. The lowest BCUT2D eigenvalue weighted by atomic mass is 9.83. The van der Waals surface area contributed by atoms with Crippen molar-refractivity contribution in [2.24, 2.45) is 0 Å². The van der Waals surface area contributed by atoms with Gasteiger partial charge in [0, 0.05) is 6.54 Å². The van der Waals surface area contributed by atoms with Gasteiger partial charge in [-0.05, 0) is 38.3 Å². The van der Waals surface area contributed by atoms with Crippen LogP contribution in [0, 0.1) is 11.3 Å². The monoisotopic (exact) mass is 452 g/mol. The Balaban J connectivity index is 1.68. The predicted molar refractivity (Wildman–Crippen MR) is 125 cm³/mol. The van der Waals surface area contributed by atoms with Crippen molar-refractivity contribution in [3.05, 3.63) is 34.6 Å². The van der Waals surface area contributed by atoms with E-state index >= 15 is 0 Å². The van der Waals surface area contributed by atoms with Crippen molar-refractivity contribution in [2.75, 3.05) is 0 Å². The third-order valence-corrected chi connectivity index (χ3v) is 7.19. The molecule has 2 aromatic heterocycles. The average molecular weight is 453 g/mol. The number of nitrogens with zero attached hydrogens (tertiary/aromatic N) is 5. The molecule has 0 spiro atoms. The highest BCUT2D eigenvalue weighted by Gasteiger charge is 2.35. The first kappa shape index (κ1) is 22.3. The molecular formula is C23H28N6O2S. The first-order valence-electron chi connectivity index (χ1n) is 11.3. The molecule has 32 heavy (non-hydrogen) atoms. The molecule has 0 aliphatic heterocycles. The largest absolute Gasteiger partial charge is 0.337 e. The van der Waals surface area contributed by atoms with E-state index in [-0.39, 0.29) is 11.5 Å². The highest BCUT2D eigenvalue weighted by atomic mass is 32.2. The van der Waals surface area contributed by atoms with Crippen molar-refractivity contribution in [3.8, 4) is 6.07 Å². The van der Waals surface area contributed by atoms with Gasteiger partial charge in [0.25, 0.3) is 5.56 Å². The Kier molecular flexibility index (Phi) is 6.51. The molecule has 1 atom stereocenters. The number of aryl methyl sites for hydroxylation is 1. The zero-order valence-corrected chi connectivity index (χ0v) is 19.3. The molecule has 1 aliphatic rings. The van der Waals surface area contributed by atoms with Crippen molar-refractivity contribution in [1.82, 2.24) is 24.5 Å². The van der Waals surface area contributed by atoms with Crippen LogP contribution in [0.25, 0.3) is 16.7 Å². The third kappa shape index (κ3) is 4.11. The van der Waals surface area contributed by atoms with Crippen LogP contribution in [0.2, 0.25) is 0 Å². The summed E-state index contributed by atoms with van der Waals surface area (Å²) in [5.41, 5.74) is -0.129. The summed E-state index contributed by atoms with van der Waals surface area (Å²) >= 11 is 1.29. The van der Waals surface area contributed by atoms with Crippen molar-refractivity contribution in [2.45, 2.75) is 81.3 Å². The van der Waals surface area contributed by atoms with Gasteiger partial charge in [-0.2, -0.15) is 5.26 Å². The second-order valence-electron chi connectivity index (χ2n) is 8.45. The number of thioether (sulfide) groups is 1. The number of carbonyl (C=O) groups excluding carboxylic acids is 1. The Hall–Kier alpha value is -2.86. The van der Waals surface area contributed by atoms with Crippen LogP contribution in [0.4, 0.5) is 0 Å². The molecule has 4 rings (SSSR count). The molecule has 1 amide bonds. The summed E-state index contributed by atoms with van der Waals surface area (Å²) in [6.07, 6.45) is 6.19. The van der Waals surface area contributed by atoms with Crippen LogP contribution >= 0.6 is 11.8 Å². The predicted octanol–water partition coefficient (Wildman–Crippen LogP) is 3.67. The topological polar surface area (TPSA) is 105 Å². The lowest BCUT2D eigenvalue weighted by Crippen LogP contribution is -2.50. The summed E-state index contributed by atoms with van der Waals surface area (Å²) in [5.74, 6) is 0.303. The Labute approximate surface area is 191 Å². The Morgan fingerprint density at radius 1 is 1.28 bits per heavy atom. The summed E-state index contributed by atoms with van der Waals surface area (Å²) < 4.78 is 3.53. The smallest absolute Gasteiger partial charge is 0.262 e. The molecule has 1 fully saturated rings. The molecule has 8 nitrogen and oxygen atoms in total. The number of aromatic nitrogens is 4. The number of rotatable bonds is 7. The van der Waals surface area contributed by atoms with Gasteiger partial charge >= 0.3 is 0 Å². The van der Waals surface area contributed by atoms with Gasteiger partial charge in [-0.25, -0.2) is 0 Å². The Bertz CT molecular complexity index is 1230. The van der Waals surface area contributed by atoms with Gasteiger partial charge in [-0.3, -0.25) is 18.6 Å². The molecule has 0 bridgehead atoms. The van der Waals surface area contributed by atoms with E-state index < -0.39 is 10.8 Å². The van der Waals surface area contributed by atoms with Gasteiger partial charge < -0.3 is 5.32 Å². The summed E-state index contributed by atoms with van der Waals surface area (Å²) in [4.78, 5) is 26.0. The molecule has 1 unspecified atom stereocenters. The standard InChI is InChI=1S/C23H28N6O2S/c1-3-4-14-28-20(31)17-10-6-7-11-18(17)29-21(28)26-27-22(29)32-16(2)19(30)25-23(15-24)12-8-5-9-13-23/h6-7,10-11,16H,3-5,8-9,12-14H2,1-2H3,(H,25,30). The number of benzene rings is 1. The van der Waals surface area contributed by atoms with Crippen LogP contribution in [0.3, 0.4) is 0 Å². The Morgan fingerprint density at radius 2 is 2.03 bits per heavy atom. The number of carbonyl (C=O) groups is 1. The first-order valence-corrected chi connectivity index (χ1v) is 12.1. The molecule has 0 saturated heterocycles. The van der Waals surface area contributed by atoms with Crippen LogP contribution in [-0.2, 0) is 11.3 Å². The van der Waals surface area contributed by atoms with Crippen LogP contribution in [0.1, 0.15) is 58.8 Å². The second kappa shape index (κ2) is 9.33. The molecular weight excluding hydrogens is 424 g/mol. The fourth-order valence-electron chi connectivity index (χ4n) is 4.30. The van der Waals surface area contributed by atoms with E-state index in [0.717, 1.165) is 37.6 Å². The van der Waals surface area contributed by atoms with Gasteiger partial charge in [-0.1, -0.05) is 56.5 Å². The lowest BCUT2D eigenvalue weighted by molar-refractivity contribution is -0.121. The van der Waals surface area contributed by atoms with Gasteiger partial charge in [0.1, 0.15) is 5.54 Å². The molecule has 9 heteroatoms. The van der Waals surface area contributed by atoms with Crippen molar-refractivity contribution in [3.63, 3.8) is 0 Å². The first-order chi connectivity index (χ1) is 15.5. The molecule has 0 radical (unpaired) electrons. The number of nitrogens with one attached hydrogen (secondary N) is 1. The van der Waals surface area contributed by atoms with Gasteiger partial charge in [-0.15, -0.1) is 10.2 Å². The van der Waals surface area contributed by atoms with Gasteiger partial charge in [0.05, 0.1) is 22.2 Å². The molecule has 168 valence electrons. The SMILES string of the molecule is CCCCn1c(=O)c2ccccc2n2c(SC(C)C(=O)NC3(C#N)CCCCC3)nnc12. The highest BCUT2D eigenvalue weighted by molar-refractivity contribution is 8.00. The maximum absolute atomic E-state index is 13.1. The minimum atomic E-state index is -0.773. The quantitative estimate of drug-likeness (QED) is 0.549. The zero-order valence-electron chi connectivity index (χ0n) is 18.5. The summed E-state index contributed by atoms with van der Waals surface area (Å²) in [5, 5.41) is 22.0. The highest BCUT2D eigenvalue weighted by Crippen LogP contribution is 2.30. The normalized spacial score (nSPS) is 16.7. The second-order valence-corrected chi connectivity index (χ2v) is 9.76.